The van der Waals surface area contributed by atoms with Crippen LogP contribution in [0.1, 0.15) is 22.0 Å². The van der Waals surface area contributed by atoms with E-state index in [1.807, 2.05) is 14.1 Å². The summed E-state index contributed by atoms with van der Waals surface area (Å²) in [6, 6.07) is 7.52. The fraction of sp³-hybridized carbons (Fsp3) is 0.353. The fourth-order valence-electron chi connectivity index (χ4n) is 2.54. The highest BCUT2D eigenvalue weighted by atomic mass is 32.1. The van der Waals surface area contributed by atoms with Gasteiger partial charge < -0.3 is 19.7 Å². The van der Waals surface area contributed by atoms with Crippen molar-refractivity contribution in [2.75, 3.05) is 33.9 Å². The topological polar surface area (TPSA) is 50.8 Å². The number of thiophene rings is 1. The summed E-state index contributed by atoms with van der Waals surface area (Å²) >= 11 is 1.66. The second kappa shape index (κ2) is 7.02. The summed E-state index contributed by atoms with van der Waals surface area (Å²) in [6.45, 7) is 1.61. The molecule has 2 heterocycles. The van der Waals surface area contributed by atoms with Crippen LogP contribution in [0.2, 0.25) is 0 Å². The highest BCUT2D eigenvalue weighted by molar-refractivity contribution is 7.07. The summed E-state index contributed by atoms with van der Waals surface area (Å²) in [5.74, 6) is 1.21. The van der Waals surface area contributed by atoms with Crippen molar-refractivity contribution >= 4 is 17.2 Å². The second-order valence-corrected chi connectivity index (χ2v) is 6.38. The normalized spacial score (nSPS) is 14.6. The molecule has 3 rings (SSSR count). The Balaban J connectivity index is 1.67. The van der Waals surface area contributed by atoms with Crippen molar-refractivity contribution in [2.24, 2.45) is 0 Å². The number of likely N-dealkylation sites (N-methyl/N-ethyl adjacent to an activating group) is 1. The standard InChI is InChI=1S/C17H20N2O3S/c1-19(2)14(13-5-8-23-11-13)10-18-17(20)12-3-4-15-16(9-12)22-7-6-21-15/h3-5,8-9,11,14H,6-7,10H2,1-2H3,(H,18,20). The van der Waals surface area contributed by atoms with E-state index >= 15 is 0 Å². The second-order valence-electron chi connectivity index (χ2n) is 5.60. The molecule has 1 aromatic carbocycles. The molecule has 1 amide bonds. The summed E-state index contributed by atoms with van der Waals surface area (Å²) in [4.78, 5) is 14.5. The third-order valence-electron chi connectivity index (χ3n) is 3.81. The molecule has 0 radical (unpaired) electrons. The van der Waals surface area contributed by atoms with Crippen molar-refractivity contribution in [1.82, 2.24) is 10.2 Å². The molecule has 0 bridgehead atoms. The first-order valence-electron chi connectivity index (χ1n) is 7.51. The Labute approximate surface area is 139 Å². The van der Waals surface area contributed by atoms with Gasteiger partial charge in [-0.2, -0.15) is 11.3 Å². The van der Waals surface area contributed by atoms with Gasteiger partial charge in [-0.1, -0.05) is 0 Å². The van der Waals surface area contributed by atoms with Crippen LogP contribution in [0.5, 0.6) is 11.5 Å². The Bertz CT molecular complexity index is 670. The number of nitrogens with zero attached hydrogens (tertiary/aromatic N) is 1. The third-order valence-corrected chi connectivity index (χ3v) is 4.51. The molecule has 1 aliphatic heterocycles. The highest BCUT2D eigenvalue weighted by Crippen LogP contribution is 2.30. The number of rotatable bonds is 5. The van der Waals surface area contributed by atoms with Crippen LogP contribution in [0.3, 0.4) is 0 Å². The van der Waals surface area contributed by atoms with E-state index in [9.17, 15) is 4.79 Å². The van der Waals surface area contributed by atoms with E-state index in [1.54, 1.807) is 29.5 Å². The Morgan fingerprint density at radius 3 is 2.74 bits per heavy atom. The maximum Gasteiger partial charge on any atom is 0.251 e. The minimum atomic E-state index is -0.107. The lowest BCUT2D eigenvalue weighted by Crippen LogP contribution is -2.34. The molecule has 1 N–H and O–H groups in total. The molecular formula is C17H20N2O3S. The Morgan fingerprint density at radius 2 is 2.04 bits per heavy atom. The molecular weight excluding hydrogens is 312 g/mol. The molecule has 1 aromatic heterocycles. The van der Waals surface area contributed by atoms with E-state index in [2.05, 4.69) is 27.0 Å². The summed E-state index contributed by atoms with van der Waals surface area (Å²) in [5.41, 5.74) is 1.79. The molecule has 0 aliphatic carbocycles. The van der Waals surface area contributed by atoms with E-state index in [-0.39, 0.29) is 11.9 Å². The molecule has 0 saturated carbocycles. The van der Waals surface area contributed by atoms with E-state index < -0.39 is 0 Å². The number of carbonyl (C=O) groups excluding carboxylic acids is 1. The Hall–Kier alpha value is -2.05. The number of ether oxygens (including phenoxy) is 2. The number of carbonyl (C=O) groups is 1. The maximum atomic E-state index is 12.4. The van der Waals surface area contributed by atoms with Gasteiger partial charge in [0.05, 0.1) is 6.04 Å². The van der Waals surface area contributed by atoms with Gasteiger partial charge in [-0.15, -0.1) is 0 Å². The molecule has 2 aromatic rings. The third kappa shape index (κ3) is 3.65. The minimum absolute atomic E-state index is 0.107. The van der Waals surface area contributed by atoms with Crippen LogP contribution in [0, 0.1) is 0 Å². The lowest BCUT2D eigenvalue weighted by molar-refractivity contribution is 0.0940. The van der Waals surface area contributed by atoms with Crippen LogP contribution in [-0.4, -0.2) is 44.7 Å². The van der Waals surface area contributed by atoms with Crippen LogP contribution < -0.4 is 14.8 Å². The van der Waals surface area contributed by atoms with Crippen molar-refractivity contribution in [3.05, 3.63) is 46.2 Å². The highest BCUT2D eigenvalue weighted by Gasteiger charge is 2.18. The van der Waals surface area contributed by atoms with Crippen LogP contribution in [-0.2, 0) is 0 Å². The number of hydrogen-bond acceptors (Lipinski definition) is 5. The molecule has 0 spiro atoms. The summed E-state index contributed by atoms with van der Waals surface area (Å²) in [5, 5.41) is 7.17. The molecule has 6 heteroatoms. The monoisotopic (exact) mass is 332 g/mol. The van der Waals surface area contributed by atoms with E-state index in [4.69, 9.17) is 9.47 Å². The average molecular weight is 332 g/mol. The van der Waals surface area contributed by atoms with E-state index in [0.29, 0.717) is 36.8 Å². The van der Waals surface area contributed by atoms with Crippen LogP contribution in [0.25, 0.3) is 0 Å². The van der Waals surface area contributed by atoms with Gasteiger partial charge in [0.1, 0.15) is 13.2 Å². The number of nitrogens with one attached hydrogen (secondary N) is 1. The van der Waals surface area contributed by atoms with Gasteiger partial charge in [0.2, 0.25) is 0 Å². The molecule has 23 heavy (non-hydrogen) atoms. The first kappa shape index (κ1) is 15.8. The van der Waals surface area contributed by atoms with Crippen molar-refractivity contribution in [3.63, 3.8) is 0 Å². The molecule has 0 fully saturated rings. The van der Waals surface area contributed by atoms with E-state index in [1.165, 1.54) is 5.56 Å². The number of amides is 1. The number of hydrogen-bond donors (Lipinski definition) is 1. The first-order chi connectivity index (χ1) is 11.1. The summed E-state index contributed by atoms with van der Waals surface area (Å²) in [7, 11) is 4.02. The van der Waals surface area contributed by atoms with Gasteiger partial charge in [-0.25, -0.2) is 0 Å². The molecule has 0 saturated heterocycles. The molecule has 1 atom stereocenters. The van der Waals surface area contributed by atoms with Gasteiger partial charge in [-0.05, 0) is 54.7 Å². The van der Waals surface area contributed by atoms with Gasteiger partial charge in [0, 0.05) is 12.1 Å². The van der Waals surface area contributed by atoms with Crippen LogP contribution in [0.4, 0.5) is 0 Å². The Kier molecular flexibility index (Phi) is 4.83. The molecule has 5 nitrogen and oxygen atoms in total. The molecule has 122 valence electrons. The summed E-state index contributed by atoms with van der Waals surface area (Å²) in [6.07, 6.45) is 0. The zero-order chi connectivity index (χ0) is 16.2. The van der Waals surface area contributed by atoms with Gasteiger partial charge in [-0.3, -0.25) is 4.79 Å². The average Bonchev–Trinajstić information content (AvgIpc) is 3.08. The van der Waals surface area contributed by atoms with Crippen molar-refractivity contribution in [2.45, 2.75) is 6.04 Å². The van der Waals surface area contributed by atoms with Crippen molar-refractivity contribution < 1.29 is 14.3 Å². The van der Waals surface area contributed by atoms with Crippen LogP contribution in [0.15, 0.2) is 35.0 Å². The maximum absolute atomic E-state index is 12.4. The number of benzene rings is 1. The van der Waals surface area contributed by atoms with Crippen molar-refractivity contribution in [1.29, 1.82) is 0 Å². The fourth-order valence-corrected chi connectivity index (χ4v) is 3.25. The van der Waals surface area contributed by atoms with E-state index in [0.717, 1.165) is 0 Å². The SMILES string of the molecule is CN(C)C(CNC(=O)c1ccc2c(c1)OCCO2)c1ccsc1. The number of fused-ring (bicyclic) bond motifs is 1. The van der Waals surface area contributed by atoms with Crippen molar-refractivity contribution in [3.8, 4) is 11.5 Å². The Morgan fingerprint density at radius 1 is 1.26 bits per heavy atom. The predicted octanol–water partition coefficient (Wildman–Crippen LogP) is 2.55. The zero-order valence-corrected chi connectivity index (χ0v) is 14.1. The molecule has 1 aliphatic rings. The first-order valence-corrected chi connectivity index (χ1v) is 8.46. The largest absolute Gasteiger partial charge is 0.486 e. The summed E-state index contributed by atoms with van der Waals surface area (Å²) < 4.78 is 11.0. The smallest absolute Gasteiger partial charge is 0.251 e. The zero-order valence-electron chi connectivity index (χ0n) is 13.2. The van der Waals surface area contributed by atoms with Crippen LogP contribution >= 0.6 is 11.3 Å². The predicted molar refractivity (Wildman–Crippen MR) is 90.5 cm³/mol. The van der Waals surface area contributed by atoms with Gasteiger partial charge in [0.15, 0.2) is 11.5 Å². The molecule has 1 unspecified atom stereocenters. The quantitative estimate of drug-likeness (QED) is 0.914. The van der Waals surface area contributed by atoms with Gasteiger partial charge >= 0.3 is 0 Å². The lowest BCUT2D eigenvalue weighted by atomic mass is 10.1. The van der Waals surface area contributed by atoms with Gasteiger partial charge in [0.25, 0.3) is 5.91 Å². The lowest BCUT2D eigenvalue weighted by Gasteiger charge is -2.24. The minimum Gasteiger partial charge on any atom is -0.486 e.